The molecule has 0 heterocycles. The monoisotopic (exact) mass is 330 g/mol. The molecule has 24 heavy (non-hydrogen) atoms. The number of nitrogens with one attached hydrogen (secondary N) is 1. The topological polar surface area (TPSA) is 60.0 Å². The normalized spacial score (nSPS) is 10.0. The quantitative estimate of drug-likeness (QED) is 0.846. The summed E-state index contributed by atoms with van der Waals surface area (Å²) in [4.78, 5) is 14.2. The van der Waals surface area contributed by atoms with E-state index in [1.54, 1.807) is 39.5 Å². The maximum Gasteiger partial charge on any atom is 0.243 e. The molecule has 2 aromatic rings. The summed E-state index contributed by atoms with van der Waals surface area (Å²) in [6.45, 7) is 0.167. The van der Waals surface area contributed by atoms with Gasteiger partial charge in [0.25, 0.3) is 0 Å². The number of nitrogens with zero attached hydrogens (tertiary/aromatic N) is 1. The van der Waals surface area contributed by atoms with E-state index < -0.39 is 0 Å². The Bertz CT molecular complexity index is 703. The lowest BCUT2D eigenvalue weighted by Gasteiger charge is -2.21. The average Bonchev–Trinajstić information content (AvgIpc) is 2.61. The molecule has 0 aliphatic heterocycles. The van der Waals surface area contributed by atoms with Gasteiger partial charge in [-0.05, 0) is 24.3 Å². The molecule has 0 radical (unpaired) electrons. The van der Waals surface area contributed by atoms with Crippen LogP contribution in [0, 0.1) is 0 Å². The van der Waals surface area contributed by atoms with Gasteiger partial charge in [0.2, 0.25) is 5.91 Å². The zero-order valence-corrected chi connectivity index (χ0v) is 14.3. The van der Waals surface area contributed by atoms with Gasteiger partial charge in [0.05, 0.1) is 39.2 Å². The van der Waals surface area contributed by atoms with E-state index in [9.17, 15) is 4.79 Å². The Kier molecular flexibility index (Phi) is 5.89. The maximum absolute atomic E-state index is 12.4. The van der Waals surface area contributed by atoms with Crippen LogP contribution >= 0.6 is 0 Å². The molecule has 0 spiro atoms. The Morgan fingerprint density at radius 3 is 2.38 bits per heavy atom. The average molecular weight is 330 g/mol. The number of methoxy groups -OCH3 is 3. The lowest BCUT2D eigenvalue weighted by molar-refractivity contribution is -0.114. The second-order valence-corrected chi connectivity index (χ2v) is 5.14. The van der Waals surface area contributed by atoms with Gasteiger partial charge in [-0.15, -0.1) is 0 Å². The van der Waals surface area contributed by atoms with Crippen LogP contribution in [0.1, 0.15) is 0 Å². The highest BCUT2D eigenvalue weighted by molar-refractivity contribution is 5.95. The van der Waals surface area contributed by atoms with Crippen molar-refractivity contribution in [3.8, 4) is 17.2 Å². The number of likely N-dealkylation sites (N-methyl/N-ethyl adjacent to an activating group) is 1. The van der Waals surface area contributed by atoms with Gasteiger partial charge < -0.3 is 24.4 Å². The van der Waals surface area contributed by atoms with Gasteiger partial charge in [0.1, 0.15) is 17.2 Å². The van der Waals surface area contributed by atoms with Crippen LogP contribution in [0.3, 0.4) is 0 Å². The Balaban J connectivity index is 2.10. The molecule has 0 saturated heterocycles. The summed E-state index contributed by atoms with van der Waals surface area (Å²) < 4.78 is 15.8. The van der Waals surface area contributed by atoms with E-state index in [1.807, 2.05) is 36.2 Å². The number of carbonyl (C=O) groups is 1. The number of amides is 1. The SMILES string of the molecule is COc1ccc(OC)c(NC(=O)CN(C)c2ccccc2OC)c1. The zero-order valence-electron chi connectivity index (χ0n) is 14.3. The van der Waals surface area contributed by atoms with Gasteiger partial charge in [0, 0.05) is 13.1 Å². The molecule has 0 unspecified atom stereocenters. The first-order chi connectivity index (χ1) is 11.6. The number of hydrogen-bond donors (Lipinski definition) is 1. The lowest BCUT2D eigenvalue weighted by Crippen LogP contribution is -2.30. The van der Waals surface area contributed by atoms with Crippen LogP contribution in [0.2, 0.25) is 0 Å². The van der Waals surface area contributed by atoms with Gasteiger partial charge in [-0.25, -0.2) is 0 Å². The minimum atomic E-state index is -0.171. The molecule has 0 aliphatic carbocycles. The Morgan fingerprint density at radius 2 is 1.71 bits per heavy atom. The van der Waals surface area contributed by atoms with E-state index in [2.05, 4.69) is 5.32 Å². The first-order valence-electron chi connectivity index (χ1n) is 7.45. The third-order valence-electron chi connectivity index (χ3n) is 3.56. The molecular formula is C18H22N2O4. The minimum Gasteiger partial charge on any atom is -0.497 e. The molecular weight excluding hydrogens is 308 g/mol. The first-order valence-corrected chi connectivity index (χ1v) is 7.45. The molecule has 0 bridgehead atoms. The molecule has 0 aliphatic rings. The Hall–Kier alpha value is -2.89. The molecule has 0 saturated carbocycles. The Labute approximate surface area is 141 Å². The van der Waals surface area contributed by atoms with Crippen molar-refractivity contribution in [2.45, 2.75) is 0 Å². The highest BCUT2D eigenvalue weighted by atomic mass is 16.5. The van der Waals surface area contributed by atoms with E-state index in [4.69, 9.17) is 14.2 Å². The summed E-state index contributed by atoms with van der Waals surface area (Å²) in [6, 6.07) is 12.8. The predicted molar refractivity (Wildman–Crippen MR) is 94.4 cm³/mol. The van der Waals surface area contributed by atoms with Crippen molar-refractivity contribution in [3.05, 3.63) is 42.5 Å². The van der Waals surface area contributed by atoms with Crippen molar-refractivity contribution in [1.82, 2.24) is 0 Å². The summed E-state index contributed by atoms with van der Waals surface area (Å²) in [5.74, 6) is 1.76. The van der Waals surface area contributed by atoms with E-state index >= 15 is 0 Å². The summed E-state index contributed by atoms with van der Waals surface area (Å²) in [7, 11) is 6.56. The predicted octanol–water partition coefficient (Wildman–Crippen LogP) is 2.79. The number of anilines is 2. The molecule has 0 fully saturated rings. The fourth-order valence-corrected chi connectivity index (χ4v) is 2.35. The molecule has 2 rings (SSSR count). The number of hydrogen-bond acceptors (Lipinski definition) is 5. The minimum absolute atomic E-state index is 0.167. The molecule has 1 amide bonds. The molecule has 1 N–H and O–H groups in total. The summed E-state index contributed by atoms with van der Waals surface area (Å²) in [5, 5.41) is 2.85. The molecule has 6 nitrogen and oxygen atoms in total. The van der Waals surface area contributed by atoms with Gasteiger partial charge in [-0.1, -0.05) is 12.1 Å². The smallest absolute Gasteiger partial charge is 0.243 e. The maximum atomic E-state index is 12.4. The van der Waals surface area contributed by atoms with Crippen molar-refractivity contribution in [3.63, 3.8) is 0 Å². The third kappa shape index (κ3) is 4.10. The second kappa shape index (κ2) is 8.10. The summed E-state index contributed by atoms with van der Waals surface area (Å²) in [5.41, 5.74) is 1.41. The van der Waals surface area contributed by atoms with Crippen molar-refractivity contribution in [2.75, 3.05) is 45.1 Å². The van der Waals surface area contributed by atoms with Crippen molar-refractivity contribution >= 4 is 17.3 Å². The van der Waals surface area contributed by atoms with E-state index in [1.165, 1.54) is 0 Å². The van der Waals surface area contributed by atoms with Gasteiger partial charge in [-0.2, -0.15) is 0 Å². The second-order valence-electron chi connectivity index (χ2n) is 5.14. The number of rotatable bonds is 7. The molecule has 128 valence electrons. The fraction of sp³-hybridized carbons (Fsp3) is 0.278. The van der Waals surface area contributed by atoms with Crippen LogP contribution in [0.15, 0.2) is 42.5 Å². The van der Waals surface area contributed by atoms with Crippen LogP contribution in [0.25, 0.3) is 0 Å². The van der Waals surface area contributed by atoms with Gasteiger partial charge in [0.15, 0.2) is 0 Å². The van der Waals surface area contributed by atoms with E-state index in [-0.39, 0.29) is 12.5 Å². The van der Waals surface area contributed by atoms with Crippen molar-refractivity contribution < 1.29 is 19.0 Å². The number of benzene rings is 2. The molecule has 6 heteroatoms. The van der Waals surface area contributed by atoms with E-state index in [0.29, 0.717) is 22.9 Å². The highest BCUT2D eigenvalue weighted by Gasteiger charge is 2.14. The van der Waals surface area contributed by atoms with Crippen molar-refractivity contribution in [1.29, 1.82) is 0 Å². The van der Waals surface area contributed by atoms with Crippen molar-refractivity contribution in [2.24, 2.45) is 0 Å². The third-order valence-corrected chi connectivity index (χ3v) is 3.56. The summed E-state index contributed by atoms with van der Waals surface area (Å²) >= 11 is 0. The number of carbonyl (C=O) groups excluding carboxylic acids is 1. The summed E-state index contributed by atoms with van der Waals surface area (Å²) in [6.07, 6.45) is 0. The zero-order chi connectivity index (χ0) is 17.5. The molecule has 0 atom stereocenters. The van der Waals surface area contributed by atoms with Crippen LogP contribution in [0.4, 0.5) is 11.4 Å². The first kappa shape index (κ1) is 17.5. The molecule has 2 aromatic carbocycles. The number of para-hydroxylation sites is 2. The van der Waals surface area contributed by atoms with Crippen LogP contribution in [0.5, 0.6) is 17.2 Å². The molecule has 0 aromatic heterocycles. The van der Waals surface area contributed by atoms with Crippen LogP contribution in [-0.4, -0.2) is 40.8 Å². The van der Waals surface area contributed by atoms with Gasteiger partial charge in [-0.3, -0.25) is 4.79 Å². The lowest BCUT2D eigenvalue weighted by atomic mass is 10.2. The van der Waals surface area contributed by atoms with Gasteiger partial charge >= 0.3 is 0 Å². The van der Waals surface area contributed by atoms with Crippen LogP contribution in [-0.2, 0) is 4.79 Å². The largest absolute Gasteiger partial charge is 0.497 e. The van der Waals surface area contributed by atoms with Crippen LogP contribution < -0.4 is 24.4 Å². The highest BCUT2D eigenvalue weighted by Crippen LogP contribution is 2.29. The van der Waals surface area contributed by atoms with E-state index in [0.717, 1.165) is 5.69 Å². The fourth-order valence-electron chi connectivity index (χ4n) is 2.35. The number of ether oxygens (including phenoxy) is 3. The Morgan fingerprint density at radius 1 is 1.00 bits per heavy atom. The standard InChI is InChI=1S/C18H22N2O4/c1-20(15-7-5-6-8-17(15)24-4)12-18(21)19-14-11-13(22-2)9-10-16(14)23-3/h5-11H,12H2,1-4H3,(H,19,21).